The van der Waals surface area contributed by atoms with Crippen LogP contribution in [0.4, 0.5) is 4.39 Å². The van der Waals surface area contributed by atoms with Gasteiger partial charge in [-0.15, -0.1) is 0 Å². The van der Waals surface area contributed by atoms with Crippen LogP contribution in [0.25, 0.3) is 0 Å². The maximum absolute atomic E-state index is 13.6. The molecule has 0 saturated carbocycles. The molecule has 1 atom stereocenters. The third kappa shape index (κ3) is 3.44. The maximum Gasteiger partial charge on any atom is 0.129 e. The predicted molar refractivity (Wildman–Crippen MR) is 73.4 cm³/mol. The van der Waals surface area contributed by atoms with Crippen LogP contribution >= 0.6 is 11.6 Å². The van der Waals surface area contributed by atoms with E-state index < -0.39 is 0 Å². The van der Waals surface area contributed by atoms with Crippen LogP contribution in [-0.4, -0.2) is 31.1 Å². The first-order chi connectivity index (χ1) is 8.68. The number of benzene rings is 1. The molecule has 1 aromatic carbocycles. The second-order valence-electron chi connectivity index (χ2n) is 4.96. The Morgan fingerprint density at radius 3 is 3.00 bits per heavy atom. The average Bonchev–Trinajstić information content (AvgIpc) is 2.35. The number of likely N-dealkylation sites (tertiary alicyclic amines) is 1. The molecule has 0 spiro atoms. The van der Waals surface area contributed by atoms with Crippen LogP contribution in [0.5, 0.6) is 0 Å². The average molecular weight is 271 g/mol. The van der Waals surface area contributed by atoms with E-state index in [-0.39, 0.29) is 5.82 Å². The lowest BCUT2D eigenvalue weighted by atomic mass is 10.0. The molecular weight excluding hydrogens is 251 g/mol. The van der Waals surface area contributed by atoms with Crippen molar-refractivity contribution in [2.45, 2.75) is 31.8 Å². The van der Waals surface area contributed by atoms with Gasteiger partial charge in [0.15, 0.2) is 0 Å². The highest BCUT2D eigenvalue weighted by atomic mass is 35.5. The van der Waals surface area contributed by atoms with E-state index in [9.17, 15) is 4.39 Å². The molecule has 100 valence electrons. The number of likely N-dealkylation sites (N-methyl/N-ethyl adjacent to an activating group) is 1. The lowest BCUT2D eigenvalue weighted by Crippen LogP contribution is -2.42. The van der Waals surface area contributed by atoms with Crippen molar-refractivity contribution in [3.05, 3.63) is 34.6 Å². The molecule has 0 radical (unpaired) electrons. The van der Waals surface area contributed by atoms with E-state index in [1.54, 1.807) is 12.1 Å². The lowest BCUT2D eigenvalue weighted by Gasteiger charge is -2.32. The van der Waals surface area contributed by atoms with Crippen molar-refractivity contribution in [1.82, 2.24) is 10.2 Å². The van der Waals surface area contributed by atoms with Crippen molar-refractivity contribution in [3.63, 3.8) is 0 Å². The Hall–Kier alpha value is -0.640. The van der Waals surface area contributed by atoms with Crippen LogP contribution < -0.4 is 5.32 Å². The number of hydrogen-bond acceptors (Lipinski definition) is 2. The summed E-state index contributed by atoms with van der Waals surface area (Å²) < 4.78 is 13.6. The van der Waals surface area contributed by atoms with E-state index in [0.717, 1.165) is 13.1 Å². The lowest BCUT2D eigenvalue weighted by molar-refractivity contribution is 0.181. The Morgan fingerprint density at radius 1 is 1.44 bits per heavy atom. The first-order valence-corrected chi connectivity index (χ1v) is 6.90. The van der Waals surface area contributed by atoms with Gasteiger partial charge in [-0.3, -0.25) is 0 Å². The van der Waals surface area contributed by atoms with Crippen molar-refractivity contribution >= 4 is 11.6 Å². The quantitative estimate of drug-likeness (QED) is 0.905. The molecule has 18 heavy (non-hydrogen) atoms. The third-order valence-corrected chi connectivity index (χ3v) is 4.02. The number of piperidine rings is 1. The summed E-state index contributed by atoms with van der Waals surface area (Å²) in [6, 6.07) is 5.38. The summed E-state index contributed by atoms with van der Waals surface area (Å²) in [4.78, 5) is 2.37. The van der Waals surface area contributed by atoms with Gasteiger partial charge in [0.25, 0.3) is 0 Å². The van der Waals surface area contributed by atoms with Gasteiger partial charge in [-0.1, -0.05) is 24.1 Å². The van der Waals surface area contributed by atoms with E-state index in [4.69, 9.17) is 11.6 Å². The highest BCUT2D eigenvalue weighted by Crippen LogP contribution is 2.19. The number of hydrogen-bond donors (Lipinski definition) is 1. The van der Waals surface area contributed by atoms with Gasteiger partial charge in [-0.2, -0.15) is 0 Å². The first-order valence-electron chi connectivity index (χ1n) is 6.52. The van der Waals surface area contributed by atoms with Crippen LogP contribution in [0.3, 0.4) is 0 Å². The monoisotopic (exact) mass is 270 g/mol. The summed E-state index contributed by atoms with van der Waals surface area (Å²) >= 11 is 5.99. The van der Waals surface area contributed by atoms with Gasteiger partial charge in [0, 0.05) is 29.7 Å². The predicted octanol–water partition coefficient (Wildman–Crippen LogP) is 3.05. The topological polar surface area (TPSA) is 15.3 Å². The molecular formula is C14H20ClFN2. The summed E-state index contributed by atoms with van der Waals surface area (Å²) in [5, 5.41) is 3.82. The zero-order valence-corrected chi connectivity index (χ0v) is 11.5. The van der Waals surface area contributed by atoms with Gasteiger partial charge in [0.1, 0.15) is 5.82 Å². The molecule has 1 saturated heterocycles. The van der Waals surface area contributed by atoms with Crippen LogP contribution in [0.15, 0.2) is 18.2 Å². The number of halogens is 2. The van der Waals surface area contributed by atoms with Crippen molar-refractivity contribution in [3.8, 4) is 0 Å². The number of nitrogens with one attached hydrogen (secondary N) is 1. The van der Waals surface area contributed by atoms with Crippen molar-refractivity contribution in [1.29, 1.82) is 0 Å². The number of nitrogens with zero attached hydrogens (tertiary/aromatic N) is 1. The minimum atomic E-state index is -0.230. The highest BCUT2D eigenvalue weighted by molar-refractivity contribution is 6.31. The molecule has 1 aliphatic heterocycles. The largest absolute Gasteiger partial charge is 0.311 e. The molecule has 2 nitrogen and oxygen atoms in total. The molecule has 1 aliphatic rings. The van der Waals surface area contributed by atoms with E-state index in [2.05, 4.69) is 17.3 Å². The molecule has 1 unspecified atom stereocenters. The minimum Gasteiger partial charge on any atom is -0.311 e. The minimum absolute atomic E-state index is 0.230. The Bertz CT molecular complexity index is 377. The van der Waals surface area contributed by atoms with E-state index in [1.165, 1.54) is 25.3 Å². The Kier molecular flexibility index (Phi) is 4.98. The van der Waals surface area contributed by atoms with Gasteiger partial charge in [0.05, 0.1) is 0 Å². The van der Waals surface area contributed by atoms with Crippen LogP contribution in [-0.2, 0) is 6.54 Å². The van der Waals surface area contributed by atoms with Gasteiger partial charge < -0.3 is 10.2 Å². The summed E-state index contributed by atoms with van der Waals surface area (Å²) in [7, 11) is 2.15. The normalized spacial score (nSPS) is 21.2. The van der Waals surface area contributed by atoms with Crippen molar-refractivity contribution < 1.29 is 4.39 Å². The standard InChI is InChI=1S/C14H20ClFN2/c1-18-8-3-2-5-11(18)9-17-10-12-13(15)6-4-7-14(12)16/h4,6-7,11,17H,2-3,5,8-10H2,1H3. The van der Waals surface area contributed by atoms with E-state index in [1.807, 2.05) is 0 Å². The van der Waals surface area contributed by atoms with Gasteiger partial charge in [0.2, 0.25) is 0 Å². The fourth-order valence-electron chi connectivity index (χ4n) is 2.47. The van der Waals surface area contributed by atoms with Crippen LogP contribution in [0.1, 0.15) is 24.8 Å². The Labute approximate surface area is 113 Å². The molecule has 1 heterocycles. The summed E-state index contributed by atoms with van der Waals surface area (Å²) in [6.07, 6.45) is 3.79. The molecule has 0 aromatic heterocycles. The maximum atomic E-state index is 13.6. The summed E-state index contributed by atoms with van der Waals surface area (Å²) in [5.74, 6) is -0.230. The van der Waals surface area contributed by atoms with Crippen molar-refractivity contribution in [2.24, 2.45) is 0 Å². The molecule has 0 bridgehead atoms. The van der Waals surface area contributed by atoms with Gasteiger partial charge >= 0.3 is 0 Å². The van der Waals surface area contributed by atoms with E-state index in [0.29, 0.717) is 23.2 Å². The SMILES string of the molecule is CN1CCCCC1CNCc1c(F)cccc1Cl. The number of rotatable bonds is 4. The first kappa shape index (κ1) is 13.8. The smallest absolute Gasteiger partial charge is 0.129 e. The molecule has 0 aliphatic carbocycles. The molecule has 2 rings (SSSR count). The van der Waals surface area contributed by atoms with E-state index >= 15 is 0 Å². The van der Waals surface area contributed by atoms with Crippen molar-refractivity contribution in [2.75, 3.05) is 20.1 Å². The Morgan fingerprint density at radius 2 is 2.28 bits per heavy atom. The zero-order chi connectivity index (χ0) is 13.0. The van der Waals surface area contributed by atoms with Gasteiger partial charge in [-0.25, -0.2) is 4.39 Å². The second kappa shape index (κ2) is 6.50. The molecule has 1 fully saturated rings. The zero-order valence-electron chi connectivity index (χ0n) is 10.8. The summed E-state index contributed by atoms with van der Waals surface area (Å²) in [5.41, 5.74) is 0.567. The fourth-order valence-corrected chi connectivity index (χ4v) is 2.70. The van der Waals surface area contributed by atoms with Crippen LogP contribution in [0, 0.1) is 5.82 Å². The Balaban J connectivity index is 1.84. The highest BCUT2D eigenvalue weighted by Gasteiger charge is 2.18. The molecule has 1 aromatic rings. The second-order valence-corrected chi connectivity index (χ2v) is 5.37. The molecule has 4 heteroatoms. The fraction of sp³-hybridized carbons (Fsp3) is 0.571. The van der Waals surface area contributed by atoms with Gasteiger partial charge in [-0.05, 0) is 38.6 Å². The third-order valence-electron chi connectivity index (χ3n) is 3.66. The molecule has 0 amide bonds. The van der Waals surface area contributed by atoms with Crippen LogP contribution in [0.2, 0.25) is 5.02 Å². The summed E-state index contributed by atoms with van der Waals surface area (Å²) in [6.45, 7) is 2.55. The molecule has 1 N–H and O–H groups in total.